The van der Waals surface area contributed by atoms with Gasteiger partial charge >= 0.3 is 0 Å². The molecular formula is C12H12OS. The molecule has 2 heteroatoms. The summed E-state index contributed by atoms with van der Waals surface area (Å²) in [6.45, 7) is 0. The minimum atomic E-state index is -0.0218. The number of benzene rings is 1. The van der Waals surface area contributed by atoms with Crippen LogP contribution in [-0.4, -0.2) is 10.5 Å². The van der Waals surface area contributed by atoms with Crippen molar-refractivity contribution in [3.8, 4) is 0 Å². The highest BCUT2D eigenvalue weighted by atomic mass is 32.2. The molecule has 2 atom stereocenters. The van der Waals surface area contributed by atoms with Crippen LogP contribution in [0.3, 0.4) is 0 Å². The summed E-state index contributed by atoms with van der Waals surface area (Å²) >= 11 is 1.78. The first-order chi connectivity index (χ1) is 6.80. The number of hydrogen-bond donors (Lipinski definition) is 0. The number of fused-ring (bicyclic) bond motifs is 1. The number of ketones is 1. The number of hydrogen-bond acceptors (Lipinski definition) is 2. The van der Waals surface area contributed by atoms with Crippen LogP contribution < -0.4 is 0 Å². The summed E-state index contributed by atoms with van der Waals surface area (Å²) in [6, 6.07) is 10.3. The normalized spacial score (nSPS) is 34.3. The lowest BCUT2D eigenvalue weighted by atomic mass is 9.82. The van der Waals surface area contributed by atoms with Crippen LogP contribution in [0.5, 0.6) is 0 Å². The van der Waals surface area contributed by atoms with Crippen LogP contribution in [0.15, 0.2) is 35.2 Å². The third-order valence-electron chi connectivity index (χ3n) is 3.35. The molecule has 0 N–H and O–H groups in total. The highest BCUT2D eigenvalue weighted by Gasteiger charge is 2.59. The van der Waals surface area contributed by atoms with Crippen molar-refractivity contribution >= 4 is 17.5 Å². The van der Waals surface area contributed by atoms with Gasteiger partial charge in [0.25, 0.3) is 0 Å². The molecule has 14 heavy (non-hydrogen) atoms. The molecule has 0 heterocycles. The zero-order chi connectivity index (χ0) is 9.60. The van der Waals surface area contributed by atoms with Crippen molar-refractivity contribution in [3.05, 3.63) is 30.3 Å². The van der Waals surface area contributed by atoms with E-state index < -0.39 is 0 Å². The van der Waals surface area contributed by atoms with Crippen LogP contribution in [0.2, 0.25) is 0 Å². The Bertz CT molecular complexity index is 369. The van der Waals surface area contributed by atoms with Crippen molar-refractivity contribution in [1.82, 2.24) is 0 Å². The van der Waals surface area contributed by atoms with Gasteiger partial charge in [-0.2, -0.15) is 0 Å². The molecule has 0 spiro atoms. The van der Waals surface area contributed by atoms with Crippen molar-refractivity contribution in [3.63, 3.8) is 0 Å². The van der Waals surface area contributed by atoms with E-state index in [1.807, 2.05) is 18.2 Å². The van der Waals surface area contributed by atoms with Gasteiger partial charge in [-0.1, -0.05) is 18.2 Å². The molecule has 72 valence electrons. The topological polar surface area (TPSA) is 17.1 Å². The summed E-state index contributed by atoms with van der Waals surface area (Å²) in [5.41, 5.74) is 0. The Hall–Kier alpha value is -0.760. The Balaban J connectivity index is 1.83. The summed E-state index contributed by atoms with van der Waals surface area (Å²) in [5, 5.41) is 0. The SMILES string of the molecule is O=C1[C@H]2CC[C@]1(Sc1ccccc1)C2. The highest BCUT2D eigenvalue weighted by molar-refractivity contribution is 8.01. The highest BCUT2D eigenvalue weighted by Crippen LogP contribution is 2.58. The maximum atomic E-state index is 11.7. The molecular weight excluding hydrogens is 192 g/mol. The minimum absolute atomic E-state index is 0.0218. The predicted molar refractivity (Wildman–Crippen MR) is 57.4 cm³/mol. The van der Waals surface area contributed by atoms with Crippen molar-refractivity contribution in [1.29, 1.82) is 0 Å². The van der Waals surface area contributed by atoms with Gasteiger partial charge in [0.1, 0.15) is 0 Å². The molecule has 0 unspecified atom stereocenters. The van der Waals surface area contributed by atoms with Crippen LogP contribution in [0.4, 0.5) is 0 Å². The summed E-state index contributed by atoms with van der Waals surface area (Å²) in [7, 11) is 0. The second-order valence-electron chi connectivity index (χ2n) is 4.21. The number of carbonyl (C=O) groups is 1. The Labute approximate surface area is 87.9 Å². The maximum absolute atomic E-state index is 11.7. The average molecular weight is 204 g/mol. The fourth-order valence-electron chi connectivity index (χ4n) is 2.56. The third-order valence-corrected chi connectivity index (χ3v) is 4.82. The van der Waals surface area contributed by atoms with E-state index in [4.69, 9.17) is 0 Å². The smallest absolute Gasteiger partial charge is 0.152 e. The standard InChI is InChI=1S/C12H12OS/c13-11-9-6-7-12(11,8-9)14-10-4-2-1-3-5-10/h1-5,9H,6-8H2/t9-,12-/m0/s1. The minimum Gasteiger partial charge on any atom is -0.298 e. The first-order valence-electron chi connectivity index (χ1n) is 5.09. The van der Waals surface area contributed by atoms with E-state index >= 15 is 0 Å². The summed E-state index contributed by atoms with van der Waals surface area (Å²) < 4.78 is -0.0218. The zero-order valence-corrected chi connectivity index (χ0v) is 8.72. The largest absolute Gasteiger partial charge is 0.298 e. The molecule has 3 fully saturated rings. The van der Waals surface area contributed by atoms with Gasteiger partial charge in [-0.15, -0.1) is 11.8 Å². The van der Waals surface area contributed by atoms with Gasteiger partial charge in [0.15, 0.2) is 5.78 Å². The molecule has 0 aliphatic heterocycles. The average Bonchev–Trinajstić information content (AvgIpc) is 2.76. The molecule has 0 amide bonds. The van der Waals surface area contributed by atoms with Gasteiger partial charge in [0, 0.05) is 10.8 Å². The van der Waals surface area contributed by atoms with E-state index in [-0.39, 0.29) is 4.75 Å². The van der Waals surface area contributed by atoms with Gasteiger partial charge in [-0.3, -0.25) is 4.79 Å². The van der Waals surface area contributed by atoms with E-state index in [9.17, 15) is 4.79 Å². The number of Topliss-reactive ketones (excluding diaryl/α,β-unsaturated/α-hetero) is 1. The second kappa shape index (κ2) is 2.86. The Morgan fingerprint density at radius 1 is 1.29 bits per heavy atom. The van der Waals surface area contributed by atoms with Gasteiger partial charge < -0.3 is 0 Å². The van der Waals surface area contributed by atoms with E-state index in [1.54, 1.807) is 11.8 Å². The number of carbonyl (C=O) groups excluding carboxylic acids is 1. The first-order valence-corrected chi connectivity index (χ1v) is 5.90. The predicted octanol–water partition coefficient (Wildman–Crippen LogP) is 2.90. The molecule has 4 rings (SSSR count). The van der Waals surface area contributed by atoms with Crippen LogP contribution in [0.25, 0.3) is 0 Å². The molecule has 1 aromatic carbocycles. The molecule has 3 aliphatic rings. The van der Waals surface area contributed by atoms with E-state index in [0.29, 0.717) is 11.7 Å². The lowest BCUT2D eigenvalue weighted by Crippen LogP contribution is -2.44. The monoisotopic (exact) mass is 204 g/mol. The van der Waals surface area contributed by atoms with E-state index in [0.717, 1.165) is 19.3 Å². The second-order valence-corrected chi connectivity index (χ2v) is 5.67. The Morgan fingerprint density at radius 2 is 2.07 bits per heavy atom. The van der Waals surface area contributed by atoms with Gasteiger partial charge in [-0.05, 0) is 31.4 Å². The summed E-state index contributed by atoms with van der Waals surface area (Å²) in [6.07, 6.45) is 3.33. The quantitative estimate of drug-likeness (QED) is 0.736. The molecule has 0 saturated heterocycles. The third kappa shape index (κ3) is 1.07. The van der Waals surface area contributed by atoms with Gasteiger partial charge in [0.2, 0.25) is 0 Å². The molecule has 2 bridgehead atoms. The number of rotatable bonds is 2. The van der Waals surface area contributed by atoms with E-state index in [1.165, 1.54) is 4.90 Å². The van der Waals surface area contributed by atoms with Crippen molar-refractivity contribution in [2.45, 2.75) is 28.9 Å². The lowest BCUT2D eigenvalue weighted by Gasteiger charge is -2.35. The fourth-order valence-corrected chi connectivity index (χ4v) is 4.07. The van der Waals surface area contributed by atoms with Crippen LogP contribution in [-0.2, 0) is 4.79 Å². The summed E-state index contributed by atoms with van der Waals surface area (Å²) in [5.74, 6) is 0.914. The van der Waals surface area contributed by atoms with Gasteiger partial charge in [-0.25, -0.2) is 0 Å². The van der Waals surface area contributed by atoms with Crippen LogP contribution in [0, 0.1) is 5.92 Å². The molecule has 3 aliphatic carbocycles. The Morgan fingerprint density at radius 3 is 2.64 bits per heavy atom. The van der Waals surface area contributed by atoms with Crippen LogP contribution >= 0.6 is 11.8 Å². The van der Waals surface area contributed by atoms with Crippen LogP contribution in [0.1, 0.15) is 19.3 Å². The van der Waals surface area contributed by atoms with E-state index in [2.05, 4.69) is 12.1 Å². The Kier molecular flexibility index (Phi) is 1.75. The molecule has 0 aromatic heterocycles. The molecule has 0 radical (unpaired) electrons. The number of thioether (sulfide) groups is 1. The van der Waals surface area contributed by atoms with Crippen molar-refractivity contribution in [2.24, 2.45) is 5.92 Å². The maximum Gasteiger partial charge on any atom is 0.152 e. The summed E-state index contributed by atoms with van der Waals surface area (Å²) in [4.78, 5) is 13.0. The van der Waals surface area contributed by atoms with Gasteiger partial charge in [0.05, 0.1) is 4.75 Å². The first kappa shape index (κ1) is 8.54. The zero-order valence-electron chi connectivity index (χ0n) is 7.90. The molecule has 1 aromatic rings. The molecule has 3 saturated carbocycles. The fraction of sp³-hybridized carbons (Fsp3) is 0.417. The van der Waals surface area contributed by atoms with Crippen molar-refractivity contribution < 1.29 is 4.79 Å². The lowest BCUT2D eigenvalue weighted by molar-refractivity contribution is -0.128. The molecule has 1 nitrogen and oxygen atoms in total. The van der Waals surface area contributed by atoms with Crippen molar-refractivity contribution in [2.75, 3.05) is 0 Å².